The second kappa shape index (κ2) is 8.71. The normalized spacial score (nSPS) is 19.8. The molecule has 3 amide bonds. The summed E-state index contributed by atoms with van der Waals surface area (Å²) in [6.45, 7) is 1.43. The van der Waals surface area contributed by atoms with E-state index in [4.69, 9.17) is 16.3 Å². The van der Waals surface area contributed by atoms with Gasteiger partial charge in [0, 0.05) is 11.1 Å². The summed E-state index contributed by atoms with van der Waals surface area (Å²) in [5.41, 5.74) is -0.113. The lowest BCUT2D eigenvalue weighted by atomic mass is 9.86. The van der Waals surface area contributed by atoms with Gasteiger partial charge >= 0.3 is 12.0 Å². The first-order chi connectivity index (χ1) is 11.9. The van der Waals surface area contributed by atoms with Crippen molar-refractivity contribution in [2.45, 2.75) is 38.6 Å². The van der Waals surface area contributed by atoms with Crippen LogP contribution in [0.3, 0.4) is 0 Å². The molecule has 0 bridgehead atoms. The molecule has 25 heavy (non-hydrogen) atoms. The molecule has 1 aliphatic carbocycles. The lowest BCUT2D eigenvalue weighted by molar-refractivity contribution is -0.123. The SMILES string of the molecule is C[C@H]1CCCC[C@H]1NC(=O)NC(=O)COC(=O)c1ccc(Cl)cc1O. The summed E-state index contributed by atoms with van der Waals surface area (Å²) in [4.78, 5) is 35.4. The number of imide groups is 1. The van der Waals surface area contributed by atoms with Crippen LogP contribution in [-0.2, 0) is 9.53 Å². The van der Waals surface area contributed by atoms with Crippen molar-refractivity contribution in [3.05, 3.63) is 28.8 Å². The number of nitrogens with one attached hydrogen (secondary N) is 2. The summed E-state index contributed by atoms with van der Waals surface area (Å²) in [5, 5.41) is 14.8. The smallest absolute Gasteiger partial charge is 0.342 e. The van der Waals surface area contributed by atoms with Crippen LogP contribution in [0.5, 0.6) is 5.75 Å². The van der Waals surface area contributed by atoms with Gasteiger partial charge in [-0.2, -0.15) is 0 Å². The molecule has 1 aliphatic rings. The zero-order valence-electron chi connectivity index (χ0n) is 13.9. The topological polar surface area (TPSA) is 105 Å². The highest BCUT2D eigenvalue weighted by Crippen LogP contribution is 2.24. The van der Waals surface area contributed by atoms with E-state index in [0.717, 1.165) is 25.7 Å². The predicted octanol–water partition coefficient (Wildman–Crippen LogP) is 2.61. The molecule has 136 valence electrons. The molecule has 0 radical (unpaired) electrons. The van der Waals surface area contributed by atoms with Crippen molar-refractivity contribution < 1.29 is 24.2 Å². The van der Waals surface area contributed by atoms with Crippen LogP contribution in [0.25, 0.3) is 0 Å². The molecule has 1 saturated carbocycles. The molecule has 7 nitrogen and oxygen atoms in total. The van der Waals surface area contributed by atoms with E-state index in [9.17, 15) is 19.5 Å². The van der Waals surface area contributed by atoms with Gasteiger partial charge in [0.2, 0.25) is 0 Å². The van der Waals surface area contributed by atoms with E-state index in [1.54, 1.807) is 0 Å². The number of ether oxygens (including phenoxy) is 1. The average molecular weight is 369 g/mol. The number of phenols is 1. The summed E-state index contributed by atoms with van der Waals surface area (Å²) in [6, 6.07) is 3.33. The van der Waals surface area contributed by atoms with Crippen molar-refractivity contribution in [2.24, 2.45) is 5.92 Å². The van der Waals surface area contributed by atoms with E-state index >= 15 is 0 Å². The molecule has 0 saturated heterocycles. The number of phenolic OH excluding ortho intramolecular Hbond substituents is 1. The number of rotatable bonds is 4. The van der Waals surface area contributed by atoms with Gasteiger partial charge in [-0.05, 0) is 37.0 Å². The number of hydrogen-bond acceptors (Lipinski definition) is 5. The van der Waals surface area contributed by atoms with Gasteiger partial charge in [0.1, 0.15) is 11.3 Å². The average Bonchev–Trinajstić information content (AvgIpc) is 2.54. The lowest BCUT2D eigenvalue weighted by Crippen LogP contribution is -2.48. The molecule has 0 spiro atoms. The van der Waals surface area contributed by atoms with Gasteiger partial charge in [0.05, 0.1) is 0 Å². The van der Waals surface area contributed by atoms with Crippen molar-refractivity contribution in [2.75, 3.05) is 6.61 Å². The molecule has 1 aromatic carbocycles. The van der Waals surface area contributed by atoms with Crippen LogP contribution in [0, 0.1) is 5.92 Å². The van der Waals surface area contributed by atoms with Crippen LogP contribution in [0.4, 0.5) is 4.79 Å². The summed E-state index contributed by atoms with van der Waals surface area (Å²) >= 11 is 5.68. The number of halogens is 1. The summed E-state index contributed by atoms with van der Waals surface area (Å²) in [7, 11) is 0. The van der Waals surface area contributed by atoms with Crippen LogP contribution in [0.15, 0.2) is 18.2 Å². The molecule has 3 N–H and O–H groups in total. The first-order valence-corrected chi connectivity index (χ1v) is 8.50. The van der Waals surface area contributed by atoms with Gasteiger partial charge in [0.25, 0.3) is 5.91 Å². The van der Waals surface area contributed by atoms with Crippen LogP contribution < -0.4 is 10.6 Å². The van der Waals surface area contributed by atoms with Gasteiger partial charge in [-0.25, -0.2) is 9.59 Å². The number of benzene rings is 1. The van der Waals surface area contributed by atoms with Gasteiger partial charge < -0.3 is 15.2 Å². The van der Waals surface area contributed by atoms with Crippen molar-refractivity contribution in [1.82, 2.24) is 10.6 Å². The molecule has 1 fully saturated rings. The molecule has 2 rings (SSSR count). The molecule has 0 heterocycles. The maximum atomic E-state index is 11.8. The number of hydrogen-bond donors (Lipinski definition) is 3. The predicted molar refractivity (Wildman–Crippen MR) is 91.5 cm³/mol. The molecule has 0 aromatic heterocycles. The highest BCUT2D eigenvalue weighted by Gasteiger charge is 2.23. The fourth-order valence-corrected chi connectivity index (χ4v) is 2.95. The van der Waals surface area contributed by atoms with Crippen molar-refractivity contribution in [3.63, 3.8) is 0 Å². The largest absolute Gasteiger partial charge is 0.507 e. The first-order valence-electron chi connectivity index (χ1n) is 8.13. The van der Waals surface area contributed by atoms with E-state index in [2.05, 4.69) is 17.6 Å². The Morgan fingerprint density at radius 3 is 2.68 bits per heavy atom. The summed E-state index contributed by atoms with van der Waals surface area (Å²) in [6.07, 6.45) is 4.12. The molecule has 1 aromatic rings. The molecule has 2 atom stereocenters. The standard InChI is InChI=1S/C17H21ClN2O5/c1-10-4-2-3-5-13(10)19-17(24)20-15(22)9-25-16(23)12-7-6-11(18)8-14(12)21/h6-8,10,13,21H,2-5,9H2,1H3,(H2,19,20,22,24)/t10-,13+/m0/s1. The Hall–Kier alpha value is -2.28. The number of amides is 3. The Morgan fingerprint density at radius 2 is 2.00 bits per heavy atom. The van der Waals surface area contributed by atoms with E-state index in [0.29, 0.717) is 5.92 Å². The quantitative estimate of drug-likeness (QED) is 0.708. The third-order valence-electron chi connectivity index (χ3n) is 4.19. The highest BCUT2D eigenvalue weighted by atomic mass is 35.5. The summed E-state index contributed by atoms with van der Waals surface area (Å²) in [5.74, 6) is -1.62. The van der Waals surface area contributed by atoms with Crippen molar-refractivity contribution >= 4 is 29.5 Å². The maximum Gasteiger partial charge on any atom is 0.342 e. The monoisotopic (exact) mass is 368 g/mol. The highest BCUT2D eigenvalue weighted by molar-refractivity contribution is 6.30. The Balaban J connectivity index is 1.77. The minimum Gasteiger partial charge on any atom is -0.507 e. The molecule has 0 aliphatic heterocycles. The van der Waals surface area contributed by atoms with E-state index < -0.39 is 24.5 Å². The lowest BCUT2D eigenvalue weighted by Gasteiger charge is -2.29. The Morgan fingerprint density at radius 1 is 1.28 bits per heavy atom. The third-order valence-corrected chi connectivity index (χ3v) is 4.43. The molecule has 8 heteroatoms. The Bertz CT molecular complexity index is 664. The Kier molecular flexibility index (Phi) is 6.64. The number of esters is 1. The fraction of sp³-hybridized carbons (Fsp3) is 0.471. The molecular formula is C17H21ClN2O5. The molecule has 0 unspecified atom stereocenters. The minimum atomic E-state index is -0.884. The summed E-state index contributed by atoms with van der Waals surface area (Å²) < 4.78 is 4.79. The van der Waals surface area contributed by atoms with Crippen LogP contribution in [0.2, 0.25) is 5.02 Å². The van der Waals surface area contributed by atoms with Crippen LogP contribution >= 0.6 is 11.6 Å². The van der Waals surface area contributed by atoms with Gasteiger partial charge in [-0.15, -0.1) is 0 Å². The number of carbonyl (C=O) groups excluding carboxylic acids is 3. The third kappa shape index (κ3) is 5.63. The first kappa shape index (κ1) is 19.1. The zero-order valence-corrected chi connectivity index (χ0v) is 14.6. The van der Waals surface area contributed by atoms with Crippen LogP contribution in [0.1, 0.15) is 43.0 Å². The van der Waals surface area contributed by atoms with Crippen molar-refractivity contribution in [3.8, 4) is 5.75 Å². The van der Waals surface area contributed by atoms with E-state index in [1.165, 1.54) is 18.2 Å². The van der Waals surface area contributed by atoms with Gasteiger partial charge in [-0.1, -0.05) is 31.4 Å². The zero-order chi connectivity index (χ0) is 18.4. The molecular weight excluding hydrogens is 348 g/mol. The number of carbonyl (C=O) groups is 3. The van der Waals surface area contributed by atoms with E-state index in [-0.39, 0.29) is 22.4 Å². The number of urea groups is 1. The second-order valence-corrected chi connectivity index (χ2v) is 6.56. The minimum absolute atomic E-state index is 0.0371. The number of aromatic hydroxyl groups is 1. The van der Waals surface area contributed by atoms with Crippen molar-refractivity contribution in [1.29, 1.82) is 0 Å². The fourth-order valence-electron chi connectivity index (χ4n) is 2.78. The second-order valence-electron chi connectivity index (χ2n) is 6.13. The van der Waals surface area contributed by atoms with Gasteiger partial charge in [0.15, 0.2) is 6.61 Å². The van der Waals surface area contributed by atoms with Gasteiger partial charge in [-0.3, -0.25) is 10.1 Å². The maximum absolute atomic E-state index is 11.8. The van der Waals surface area contributed by atoms with E-state index in [1.807, 2.05) is 0 Å². The Labute approximate surface area is 150 Å². The van der Waals surface area contributed by atoms with Crippen LogP contribution in [-0.4, -0.2) is 35.7 Å².